The van der Waals surface area contributed by atoms with E-state index in [4.69, 9.17) is 11.6 Å². The molecule has 0 aliphatic carbocycles. The summed E-state index contributed by atoms with van der Waals surface area (Å²) in [5.41, 5.74) is 0. The number of hydrogen-bond acceptors (Lipinski definition) is 1. The van der Waals surface area contributed by atoms with Crippen LogP contribution in [0.3, 0.4) is 0 Å². The maximum atomic E-state index is 5.40. The standard InChI is InChI=1S/C5H3ClN.Na.H/c6-5-3-1-2-4-7-5;;/h1-3H;;. The second kappa shape index (κ2) is 4.33. The van der Waals surface area contributed by atoms with E-state index in [9.17, 15) is 0 Å². The molecule has 1 nitrogen and oxygen atoms in total. The fraction of sp³-hybridized carbons (Fsp3) is 0. The fourth-order valence-corrected chi connectivity index (χ4v) is 0.428. The van der Waals surface area contributed by atoms with Crippen LogP contribution >= 0.6 is 11.6 Å². The van der Waals surface area contributed by atoms with Crippen molar-refractivity contribution < 1.29 is 0 Å². The number of rotatable bonds is 0. The van der Waals surface area contributed by atoms with Crippen LogP contribution in [0.2, 0.25) is 5.15 Å². The quantitative estimate of drug-likeness (QED) is 0.381. The van der Waals surface area contributed by atoms with Gasteiger partial charge >= 0.3 is 29.6 Å². The summed E-state index contributed by atoms with van der Waals surface area (Å²) in [5.74, 6) is 0. The monoisotopic (exact) mass is 136 g/mol. The van der Waals surface area contributed by atoms with Crippen molar-refractivity contribution in [1.82, 2.24) is 4.98 Å². The molecule has 0 amide bonds. The zero-order valence-electron chi connectivity index (χ0n) is 3.56. The van der Waals surface area contributed by atoms with Gasteiger partial charge in [-0.3, -0.25) is 0 Å². The third kappa shape index (κ3) is 2.68. The summed E-state index contributed by atoms with van der Waals surface area (Å²) in [6, 6.07) is 5.19. The van der Waals surface area contributed by atoms with Gasteiger partial charge in [-0.25, -0.2) is 4.98 Å². The predicted molar refractivity (Wildman–Crippen MR) is 35.2 cm³/mol. The Morgan fingerprint density at radius 1 is 1.62 bits per heavy atom. The number of nitrogens with zero attached hydrogens (tertiary/aromatic N) is 1. The van der Waals surface area contributed by atoms with Gasteiger partial charge in [-0.2, -0.15) is 0 Å². The van der Waals surface area contributed by atoms with Gasteiger partial charge < -0.3 is 0 Å². The molecule has 0 saturated heterocycles. The average Bonchev–Trinajstić information content (AvgIpc) is 1.69. The van der Waals surface area contributed by atoms with Gasteiger partial charge in [0.2, 0.25) is 0 Å². The first kappa shape index (κ1) is 8.44. The molecule has 0 atom stereocenters. The molecule has 1 aromatic rings. The van der Waals surface area contributed by atoms with Crippen molar-refractivity contribution in [3.05, 3.63) is 29.5 Å². The fourth-order valence-electron chi connectivity index (χ4n) is 0.307. The molecule has 1 aromatic heterocycles. The molecular weight excluding hydrogens is 133 g/mol. The molecule has 0 bridgehead atoms. The molecule has 0 aromatic carbocycles. The van der Waals surface area contributed by atoms with Crippen molar-refractivity contribution in [1.29, 1.82) is 0 Å². The Hall–Kier alpha value is 0.440. The van der Waals surface area contributed by atoms with Crippen LogP contribution < -0.4 is 0 Å². The molecule has 0 aliphatic heterocycles. The van der Waals surface area contributed by atoms with E-state index in [2.05, 4.69) is 11.2 Å². The van der Waals surface area contributed by atoms with Gasteiger partial charge in [-0.1, -0.05) is 17.7 Å². The first-order valence-electron chi connectivity index (χ1n) is 1.88. The number of halogens is 1. The molecule has 1 radical (unpaired) electrons. The van der Waals surface area contributed by atoms with Gasteiger partial charge in [0.05, 0.1) is 6.20 Å². The molecule has 0 fully saturated rings. The van der Waals surface area contributed by atoms with E-state index in [1.165, 1.54) is 0 Å². The van der Waals surface area contributed by atoms with Gasteiger partial charge in [-0.05, 0) is 12.1 Å². The van der Waals surface area contributed by atoms with Crippen molar-refractivity contribution in [2.75, 3.05) is 0 Å². The van der Waals surface area contributed by atoms with Crippen LogP contribution in [0, 0.1) is 6.20 Å². The zero-order valence-corrected chi connectivity index (χ0v) is 4.31. The van der Waals surface area contributed by atoms with E-state index in [1.54, 1.807) is 18.2 Å². The SMILES string of the molecule is Clc1ccc[c]n1.[NaH]. The summed E-state index contributed by atoms with van der Waals surface area (Å²) >= 11 is 5.40. The molecule has 1 rings (SSSR count). The molecule has 0 aliphatic rings. The van der Waals surface area contributed by atoms with Crippen LogP contribution in [-0.2, 0) is 0 Å². The molecule has 3 heteroatoms. The molecule has 37 valence electrons. The number of pyridine rings is 1. The van der Waals surface area contributed by atoms with Gasteiger partial charge in [0.15, 0.2) is 0 Å². The molecule has 0 unspecified atom stereocenters. The van der Waals surface area contributed by atoms with E-state index in [0.29, 0.717) is 5.15 Å². The van der Waals surface area contributed by atoms with Crippen molar-refractivity contribution in [2.45, 2.75) is 0 Å². The van der Waals surface area contributed by atoms with Crippen LogP contribution in [0.4, 0.5) is 0 Å². The number of hydrogen-bond donors (Lipinski definition) is 0. The molecular formula is C5H4ClNNa. The van der Waals surface area contributed by atoms with E-state index >= 15 is 0 Å². The topological polar surface area (TPSA) is 12.9 Å². The summed E-state index contributed by atoms with van der Waals surface area (Å²) in [6.07, 6.45) is 2.58. The normalized spacial score (nSPS) is 7.62. The second-order valence-corrected chi connectivity index (χ2v) is 1.48. The van der Waals surface area contributed by atoms with Crippen LogP contribution in [-0.4, -0.2) is 34.5 Å². The average molecular weight is 137 g/mol. The van der Waals surface area contributed by atoms with Gasteiger partial charge in [-0.15, -0.1) is 0 Å². The second-order valence-electron chi connectivity index (χ2n) is 1.09. The maximum absolute atomic E-state index is 5.40. The Morgan fingerprint density at radius 3 is 2.62 bits per heavy atom. The van der Waals surface area contributed by atoms with Crippen molar-refractivity contribution in [3.63, 3.8) is 0 Å². The number of aromatic nitrogens is 1. The Bertz CT molecular complexity index is 142. The minimum absolute atomic E-state index is 0. The van der Waals surface area contributed by atoms with E-state index < -0.39 is 0 Å². The summed E-state index contributed by atoms with van der Waals surface area (Å²) < 4.78 is 0. The van der Waals surface area contributed by atoms with Crippen LogP contribution in [0.25, 0.3) is 0 Å². The van der Waals surface area contributed by atoms with Crippen LogP contribution in [0.5, 0.6) is 0 Å². The van der Waals surface area contributed by atoms with E-state index in [-0.39, 0.29) is 29.6 Å². The van der Waals surface area contributed by atoms with E-state index in [1.807, 2.05) is 0 Å². The van der Waals surface area contributed by atoms with Crippen molar-refractivity contribution in [2.24, 2.45) is 0 Å². The first-order chi connectivity index (χ1) is 3.39. The predicted octanol–water partition coefficient (Wildman–Crippen LogP) is 0.887. The Morgan fingerprint density at radius 2 is 2.38 bits per heavy atom. The van der Waals surface area contributed by atoms with Crippen LogP contribution in [0.15, 0.2) is 18.2 Å². The summed E-state index contributed by atoms with van der Waals surface area (Å²) in [6.45, 7) is 0. The summed E-state index contributed by atoms with van der Waals surface area (Å²) in [4.78, 5) is 3.62. The van der Waals surface area contributed by atoms with Gasteiger partial charge in [0.25, 0.3) is 0 Å². The van der Waals surface area contributed by atoms with Crippen molar-refractivity contribution in [3.8, 4) is 0 Å². The van der Waals surface area contributed by atoms with Crippen LogP contribution in [0.1, 0.15) is 0 Å². The zero-order chi connectivity index (χ0) is 5.11. The Labute approximate surface area is 75.4 Å². The minimum atomic E-state index is 0. The van der Waals surface area contributed by atoms with E-state index in [0.717, 1.165) is 0 Å². The summed E-state index contributed by atoms with van der Waals surface area (Å²) in [7, 11) is 0. The molecule has 0 spiro atoms. The molecule has 8 heavy (non-hydrogen) atoms. The van der Waals surface area contributed by atoms with Gasteiger partial charge in [0.1, 0.15) is 5.15 Å². The third-order valence-corrected chi connectivity index (χ3v) is 0.786. The molecule has 0 saturated carbocycles. The summed E-state index contributed by atoms with van der Waals surface area (Å²) in [5, 5.41) is 0.488. The first-order valence-corrected chi connectivity index (χ1v) is 2.26. The molecule has 0 N–H and O–H groups in total. The third-order valence-electron chi connectivity index (χ3n) is 0.576. The Kier molecular flexibility index (Phi) is 4.57. The van der Waals surface area contributed by atoms with Crippen molar-refractivity contribution >= 4 is 41.2 Å². The van der Waals surface area contributed by atoms with Gasteiger partial charge in [0, 0.05) is 0 Å². The molecule has 1 heterocycles. The Balaban J connectivity index is 0.000000490.